The van der Waals surface area contributed by atoms with Gasteiger partial charge in [-0.1, -0.05) is 18.2 Å². The van der Waals surface area contributed by atoms with E-state index in [1.165, 1.54) is 27.2 Å². The Morgan fingerprint density at radius 2 is 2.00 bits per heavy atom. The minimum atomic E-state index is -1.03. The highest BCUT2D eigenvalue weighted by Crippen LogP contribution is 2.40. The second kappa shape index (κ2) is 10.6. The van der Waals surface area contributed by atoms with Gasteiger partial charge in [0.25, 0.3) is 11.1 Å². The monoisotopic (exact) mass is 530 g/mol. The fourth-order valence-electron chi connectivity index (χ4n) is 3.11. The highest BCUT2D eigenvalue weighted by molar-refractivity contribution is 9.10. The number of amides is 2. The van der Waals surface area contributed by atoms with Crippen LogP contribution < -0.4 is 9.47 Å². The van der Waals surface area contributed by atoms with Gasteiger partial charge in [0.1, 0.15) is 12.6 Å². The molecule has 1 atom stereocenters. The van der Waals surface area contributed by atoms with Gasteiger partial charge in [-0.3, -0.25) is 14.5 Å². The van der Waals surface area contributed by atoms with E-state index in [2.05, 4.69) is 26.7 Å². The second-order valence-corrected chi connectivity index (χ2v) is 8.69. The van der Waals surface area contributed by atoms with Crippen LogP contribution in [0.1, 0.15) is 23.6 Å². The maximum Gasteiger partial charge on any atom is 0.328 e. The van der Waals surface area contributed by atoms with Gasteiger partial charge in [0, 0.05) is 5.56 Å². The van der Waals surface area contributed by atoms with E-state index in [-0.39, 0.29) is 11.5 Å². The topological polar surface area (TPSA) is 106 Å². The molecule has 0 N–H and O–H groups in total. The molecule has 1 saturated heterocycles. The number of methoxy groups -OCH3 is 2. The zero-order chi connectivity index (χ0) is 24.1. The molecule has 1 aliphatic rings. The molecule has 10 heteroatoms. The van der Waals surface area contributed by atoms with E-state index in [1.807, 2.05) is 6.07 Å². The number of ether oxygens (including phenoxy) is 3. The van der Waals surface area contributed by atoms with E-state index >= 15 is 0 Å². The van der Waals surface area contributed by atoms with Gasteiger partial charge >= 0.3 is 5.97 Å². The molecular formula is C23H19BrN2O6S. The molecule has 8 nitrogen and oxygen atoms in total. The van der Waals surface area contributed by atoms with Crippen LogP contribution in [0.4, 0.5) is 4.79 Å². The number of esters is 1. The Balaban J connectivity index is 1.86. The van der Waals surface area contributed by atoms with Crippen LogP contribution >= 0.6 is 27.7 Å². The fraction of sp³-hybridized carbons (Fsp3) is 0.217. The molecule has 33 heavy (non-hydrogen) atoms. The van der Waals surface area contributed by atoms with Crippen molar-refractivity contribution in [2.75, 3.05) is 14.2 Å². The Labute approximate surface area is 203 Å². The Hall–Kier alpha value is -3.29. The summed E-state index contributed by atoms with van der Waals surface area (Å²) in [5.41, 5.74) is 1.83. The summed E-state index contributed by atoms with van der Waals surface area (Å²) in [5, 5.41) is 8.70. The summed E-state index contributed by atoms with van der Waals surface area (Å²) >= 11 is 4.20. The SMILES string of the molecule is COC(=O)[C@@H](C)N1C(=O)S/C(=C/c2cc(Br)c(OCc3ccccc3C#N)c(OC)c2)C1=O. The first-order valence-electron chi connectivity index (χ1n) is 9.64. The number of thioether (sulfide) groups is 1. The molecule has 0 radical (unpaired) electrons. The molecular weight excluding hydrogens is 512 g/mol. The van der Waals surface area contributed by atoms with Crippen molar-refractivity contribution in [1.29, 1.82) is 5.26 Å². The number of rotatable bonds is 7. The number of carbonyl (C=O) groups is 3. The van der Waals surface area contributed by atoms with Crippen LogP contribution in [0.3, 0.4) is 0 Å². The van der Waals surface area contributed by atoms with Gasteiger partial charge in [0.15, 0.2) is 11.5 Å². The zero-order valence-corrected chi connectivity index (χ0v) is 20.4. The van der Waals surface area contributed by atoms with Crippen molar-refractivity contribution >= 4 is 50.9 Å². The summed E-state index contributed by atoms with van der Waals surface area (Å²) in [6.45, 7) is 1.59. The van der Waals surface area contributed by atoms with Crippen molar-refractivity contribution in [3.8, 4) is 17.6 Å². The summed E-state index contributed by atoms with van der Waals surface area (Å²) in [6.07, 6.45) is 1.54. The lowest BCUT2D eigenvalue weighted by molar-refractivity contribution is -0.148. The van der Waals surface area contributed by atoms with E-state index in [1.54, 1.807) is 30.3 Å². The molecule has 0 spiro atoms. The van der Waals surface area contributed by atoms with E-state index in [0.29, 0.717) is 27.1 Å². The molecule has 170 valence electrons. The molecule has 2 aromatic rings. The number of halogens is 1. The summed E-state index contributed by atoms with van der Waals surface area (Å²) in [6, 6.07) is 11.6. The highest BCUT2D eigenvalue weighted by atomic mass is 79.9. The third-order valence-electron chi connectivity index (χ3n) is 4.81. The van der Waals surface area contributed by atoms with Crippen molar-refractivity contribution in [2.24, 2.45) is 0 Å². The van der Waals surface area contributed by atoms with Crippen LogP contribution in [0.2, 0.25) is 0 Å². The lowest BCUT2D eigenvalue weighted by Crippen LogP contribution is -2.42. The second-order valence-electron chi connectivity index (χ2n) is 6.84. The standard InChI is InChI=1S/C23H19BrN2O6S/c1-13(22(28)31-3)26-21(27)19(33-23(26)29)10-14-8-17(24)20(18(9-14)30-2)32-12-16-7-5-4-6-15(16)11-25/h4-10,13H,12H2,1-3H3/b19-10+/t13-/m1/s1. The molecule has 1 aliphatic heterocycles. The van der Waals surface area contributed by atoms with Crippen LogP contribution in [-0.4, -0.2) is 42.3 Å². The maximum absolute atomic E-state index is 12.7. The average Bonchev–Trinajstić information content (AvgIpc) is 3.09. The van der Waals surface area contributed by atoms with Gasteiger partial charge in [-0.15, -0.1) is 0 Å². The molecule has 2 amide bonds. The van der Waals surface area contributed by atoms with Crippen LogP contribution in [0.25, 0.3) is 6.08 Å². The quantitative estimate of drug-likeness (QED) is 0.380. The van der Waals surface area contributed by atoms with Gasteiger partial charge < -0.3 is 14.2 Å². The van der Waals surface area contributed by atoms with Crippen LogP contribution in [0.15, 0.2) is 45.8 Å². The maximum atomic E-state index is 12.7. The van der Waals surface area contributed by atoms with Gasteiger partial charge in [0.2, 0.25) is 0 Å². The predicted octanol–water partition coefficient (Wildman–Crippen LogP) is 4.51. The number of hydrogen-bond donors (Lipinski definition) is 0. The normalized spacial score (nSPS) is 15.4. The first kappa shape index (κ1) is 24.4. The number of nitrogens with zero attached hydrogens (tertiary/aromatic N) is 2. The molecule has 0 bridgehead atoms. The Kier molecular flexibility index (Phi) is 7.79. The minimum absolute atomic E-state index is 0.155. The average molecular weight is 531 g/mol. The van der Waals surface area contributed by atoms with Gasteiger partial charge in [-0.2, -0.15) is 5.26 Å². The Bertz CT molecular complexity index is 1190. The van der Waals surface area contributed by atoms with Crippen molar-refractivity contribution in [3.05, 3.63) is 62.5 Å². The largest absolute Gasteiger partial charge is 0.493 e. The number of hydrogen-bond acceptors (Lipinski definition) is 8. The summed E-state index contributed by atoms with van der Waals surface area (Å²) in [4.78, 5) is 37.8. The van der Waals surface area contributed by atoms with Crippen LogP contribution in [0, 0.1) is 11.3 Å². The fourth-order valence-corrected chi connectivity index (χ4v) is 4.59. The van der Waals surface area contributed by atoms with Crippen molar-refractivity contribution in [1.82, 2.24) is 4.90 Å². The summed E-state index contributed by atoms with van der Waals surface area (Å²) in [7, 11) is 2.67. The van der Waals surface area contributed by atoms with Gasteiger partial charge in [-0.25, -0.2) is 4.79 Å². The van der Waals surface area contributed by atoms with E-state index < -0.39 is 23.2 Å². The minimum Gasteiger partial charge on any atom is -0.493 e. The zero-order valence-electron chi connectivity index (χ0n) is 18.0. The summed E-state index contributed by atoms with van der Waals surface area (Å²) in [5.74, 6) is -0.434. The molecule has 0 aromatic heterocycles. The lowest BCUT2D eigenvalue weighted by Gasteiger charge is -2.18. The smallest absolute Gasteiger partial charge is 0.328 e. The molecule has 0 aliphatic carbocycles. The van der Waals surface area contributed by atoms with E-state index in [9.17, 15) is 19.6 Å². The van der Waals surface area contributed by atoms with Crippen molar-refractivity contribution in [2.45, 2.75) is 19.6 Å². The number of imide groups is 1. The number of nitriles is 1. The van der Waals surface area contributed by atoms with Gasteiger partial charge in [0.05, 0.1) is 35.2 Å². The first-order valence-corrected chi connectivity index (χ1v) is 11.2. The van der Waals surface area contributed by atoms with Gasteiger partial charge in [-0.05, 0) is 64.5 Å². The molecule has 0 saturated carbocycles. The Morgan fingerprint density at radius 3 is 2.67 bits per heavy atom. The molecule has 1 fully saturated rings. The number of carbonyl (C=O) groups excluding carboxylic acids is 3. The van der Waals surface area contributed by atoms with Crippen molar-refractivity contribution in [3.63, 3.8) is 0 Å². The van der Waals surface area contributed by atoms with Crippen LogP contribution in [0.5, 0.6) is 11.5 Å². The third kappa shape index (κ3) is 5.21. The van der Waals surface area contributed by atoms with E-state index in [4.69, 9.17) is 9.47 Å². The first-order chi connectivity index (χ1) is 15.8. The highest BCUT2D eigenvalue weighted by Gasteiger charge is 2.41. The molecule has 3 rings (SSSR count). The third-order valence-corrected chi connectivity index (χ3v) is 6.29. The lowest BCUT2D eigenvalue weighted by atomic mass is 10.1. The molecule has 0 unspecified atom stereocenters. The summed E-state index contributed by atoms with van der Waals surface area (Å²) < 4.78 is 16.6. The van der Waals surface area contributed by atoms with Crippen molar-refractivity contribution < 1.29 is 28.6 Å². The predicted molar refractivity (Wildman–Crippen MR) is 125 cm³/mol. The Morgan fingerprint density at radius 1 is 1.27 bits per heavy atom. The molecule has 2 aromatic carbocycles. The van der Waals surface area contributed by atoms with E-state index in [0.717, 1.165) is 22.2 Å². The number of benzene rings is 2. The molecule has 1 heterocycles. The van der Waals surface area contributed by atoms with Crippen LogP contribution in [-0.2, 0) is 20.9 Å².